The van der Waals surface area contributed by atoms with Crippen molar-refractivity contribution in [3.8, 4) is 11.5 Å². The first-order chi connectivity index (χ1) is 14.1. The van der Waals surface area contributed by atoms with Gasteiger partial charge in [0.2, 0.25) is 0 Å². The van der Waals surface area contributed by atoms with Crippen molar-refractivity contribution < 1.29 is 28.6 Å². The normalized spacial score (nSPS) is 15.9. The van der Waals surface area contributed by atoms with E-state index in [4.69, 9.17) is 14.2 Å². The van der Waals surface area contributed by atoms with Crippen LogP contribution in [0.4, 0.5) is 10.1 Å². The number of nitrogens with one attached hydrogen (secondary N) is 1. The fourth-order valence-electron chi connectivity index (χ4n) is 3.61. The summed E-state index contributed by atoms with van der Waals surface area (Å²) in [6.07, 6.45) is -0.512. The Morgan fingerprint density at radius 3 is 2.38 bits per heavy atom. The first-order valence-corrected chi connectivity index (χ1v) is 9.90. The number of aliphatic hydroxyl groups excluding tert-OH is 1. The van der Waals surface area contributed by atoms with Crippen LogP contribution in [-0.2, 0) is 11.3 Å². The number of anilines is 1. The number of hydrogen-bond donors (Lipinski definition) is 2. The first-order valence-electron chi connectivity index (χ1n) is 9.90. The van der Waals surface area contributed by atoms with Crippen LogP contribution in [0.1, 0.15) is 5.56 Å². The van der Waals surface area contributed by atoms with Crippen LogP contribution in [0, 0.1) is 5.82 Å². The maximum Gasteiger partial charge on any atom is 0.161 e. The smallest absolute Gasteiger partial charge is 0.161 e. The van der Waals surface area contributed by atoms with Crippen molar-refractivity contribution in [2.45, 2.75) is 12.7 Å². The number of rotatable bonds is 9. The summed E-state index contributed by atoms with van der Waals surface area (Å²) >= 11 is 0. The molecule has 0 unspecified atom stereocenters. The average molecular weight is 405 g/mol. The largest absolute Gasteiger partial charge is 0.493 e. The van der Waals surface area contributed by atoms with Gasteiger partial charge < -0.3 is 29.1 Å². The van der Waals surface area contributed by atoms with E-state index in [9.17, 15) is 9.50 Å². The third kappa shape index (κ3) is 6.06. The van der Waals surface area contributed by atoms with Crippen LogP contribution >= 0.6 is 0 Å². The van der Waals surface area contributed by atoms with Crippen LogP contribution in [-0.4, -0.2) is 64.8 Å². The number of methoxy groups -OCH3 is 2. The summed E-state index contributed by atoms with van der Waals surface area (Å²) in [5, 5.41) is 10.3. The first kappa shape index (κ1) is 21.4. The second kappa shape index (κ2) is 10.4. The van der Waals surface area contributed by atoms with Gasteiger partial charge in [0.15, 0.2) is 11.5 Å². The Morgan fingerprint density at radius 2 is 1.72 bits per heavy atom. The van der Waals surface area contributed by atoms with Crippen LogP contribution in [0.25, 0.3) is 0 Å². The van der Waals surface area contributed by atoms with Crippen molar-refractivity contribution in [1.29, 1.82) is 0 Å². The van der Waals surface area contributed by atoms with E-state index in [-0.39, 0.29) is 5.82 Å². The Morgan fingerprint density at radius 1 is 1.03 bits per heavy atom. The lowest BCUT2D eigenvalue weighted by atomic mass is 10.2. The highest BCUT2D eigenvalue weighted by atomic mass is 19.1. The predicted molar refractivity (Wildman–Crippen MR) is 109 cm³/mol. The maximum absolute atomic E-state index is 13.1. The van der Waals surface area contributed by atoms with Gasteiger partial charge in [-0.15, -0.1) is 0 Å². The molecule has 2 aromatic rings. The summed E-state index contributed by atoms with van der Waals surface area (Å²) in [4.78, 5) is 3.61. The molecule has 7 heteroatoms. The number of ether oxygens (including phenoxy) is 3. The zero-order valence-corrected chi connectivity index (χ0v) is 17.1. The van der Waals surface area contributed by atoms with Crippen molar-refractivity contribution in [2.75, 3.05) is 58.5 Å². The fourth-order valence-corrected chi connectivity index (χ4v) is 3.61. The van der Waals surface area contributed by atoms with Gasteiger partial charge in [-0.25, -0.2) is 4.39 Å². The van der Waals surface area contributed by atoms with E-state index in [1.807, 2.05) is 30.3 Å². The van der Waals surface area contributed by atoms with Gasteiger partial charge in [-0.2, -0.15) is 0 Å². The molecule has 1 aliphatic heterocycles. The van der Waals surface area contributed by atoms with Gasteiger partial charge in [-0.1, -0.05) is 6.07 Å². The van der Waals surface area contributed by atoms with Crippen LogP contribution in [0.2, 0.25) is 0 Å². The highest BCUT2D eigenvalue weighted by Crippen LogP contribution is 2.27. The summed E-state index contributed by atoms with van der Waals surface area (Å²) in [5.74, 6) is 1.13. The predicted octanol–water partition coefficient (Wildman–Crippen LogP) is 1.13. The van der Waals surface area contributed by atoms with Gasteiger partial charge in [0, 0.05) is 5.69 Å². The van der Waals surface area contributed by atoms with E-state index in [1.165, 1.54) is 17.0 Å². The number of nitrogens with zero attached hydrogens (tertiary/aromatic N) is 1. The summed E-state index contributed by atoms with van der Waals surface area (Å²) in [5.41, 5.74) is 2.01. The number of aliphatic hydroxyl groups is 1. The number of piperazine rings is 1. The zero-order chi connectivity index (χ0) is 20.6. The van der Waals surface area contributed by atoms with Gasteiger partial charge in [-0.3, -0.25) is 0 Å². The zero-order valence-electron chi connectivity index (χ0n) is 17.1. The van der Waals surface area contributed by atoms with E-state index in [0.717, 1.165) is 37.4 Å². The van der Waals surface area contributed by atoms with E-state index in [2.05, 4.69) is 4.90 Å². The molecule has 6 nitrogen and oxygen atoms in total. The van der Waals surface area contributed by atoms with E-state index < -0.39 is 6.10 Å². The van der Waals surface area contributed by atoms with Crippen molar-refractivity contribution in [1.82, 2.24) is 0 Å². The molecule has 0 radical (unpaired) electrons. The monoisotopic (exact) mass is 405 g/mol. The molecule has 0 spiro atoms. The SMILES string of the molecule is COc1ccc(COC[C@H](O)C[NH+]2CCN(c3ccc(F)cc3)CC2)cc1OC. The Bertz CT molecular complexity index is 764. The molecular weight excluding hydrogens is 375 g/mol. The standard InChI is InChI=1S/C22H29FN2O4/c1-27-21-8-3-17(13-22(21)28-2)15-29-16-20(26)14-24-9-11-25(12-10-24)19-6-4-18(23)5-7-19/h3-8,13,20,26H,9-12,14-16H2,1-2H3/p+1/t20-/m1/s1. The molecule has 0 bridgehead atoms. The Kier molecular flexibility index (Phi) is 7.69. The highest BCUT2D eigenvalue weighted by molar-refractivity contribution is 5.46. The molecule has 2 aromatic carbocycles. The van der Waals surface area contributed by atoms with Gasteiger partial charge in [0.25, 0.3) is 0 Å². The number of benzene rings is 2. The molecular formula is C22H30FN2O4+. The molecule has 1 aliphatic rings. The maximum atomic E-state index is 13.1. The molecule has 29 heavy (non-hydrogen) atoms. The minimum atomic E-state index is -0.512. The second-order valence-electron chi connectivity index (χ2n) is 7.28. The van der Waals surface area contributed by atoms with Gasteiger partial charge in [0.05, 0.1) is 53.6 Å². The molecule has 1 atom stereocenters. The quantitative estimate of drug-likeness (QED) is 0.655. The van der Waals surface area contributed by atoms with E-state index >= 15 is 0 Å². The topological polar surface area (TPSA) is 55.6 Å². The van der Waals surface area contributed by atoms with E-state index in [1.54, 1.807) is 14.2 Å². The summed E-state index contributed by atoms with van der Waals surface area (Å²) in [6, 6.07) is 12.3. The van der Waals surface area contributed by atoms with Crippen LogP contribution < -0.4 is 19.3 Å². The van der Waals surface area contributed by atoms with Crippen molar-refractivity contribution in [3.05, 3.63) is 53.8 Å². The van der Waals surface area contributed by atoms with Crippen LogP contribution in [0.3, 0.4) is 0 Å². The van der Waals surface area contributed by atoms with Crippen LogP contribution in [0.5, 0.6) is 11.5 Å². The molecule has 1 fully saturated rings. The van der Waals surface area contributed by atoms with Crippen LogP contribution in [0.15, 0.2) is 42.5 Å². The molecule has 0 aliphatic carbocycles. The lowest BCUT2D eigenvalue weighted by Gasteiger charge is -2.34. The summed E-state index contributed by atoms with van der Waals surface area (Å²) in [6.45, 7) is 5.00. The number of quaternary nitrogens is 1. The molecule has 3 rings (SSSR count). The van der Waals surface area contributed by atoms with Crippen molar-refractivity contribution >= 4 is 5.69 Å². The Balaban J connectivity index is 1.38. The molecule has 2 N–H and O–H groups in total. The fraction of sp³-hybridized carbons (Fsp3) is 0.455. The molecule has 0 amide bonds. The lowest BCUT2D eigenvalue weighted by molar-refractivity contribution is -0.903. The summed E-state index contributed by atoms with van der Waals surface area (Å²) < 4.78 is 29.3. The minimum Gasteiger partial charge on any atom is -0.493 e. The second-order valence-corrected chi connectivity index (χ2v) is 7.28. The Labute approximate surface area is 171 Å². The molecule has 0 saturated carbocycles. The van der Waals surface area contributed by atoms with Gasteiger partial charge >= 0.3 is 0 Å². The number of halogens is 1. The third-order valence-electron chi connectivity index (χ3n) is 5.21. The van der Waals surface area contributed by atoms with Crippen molar-refractivity contribution in [2.24, 2.45) is 0 Å². The van der Waals surface area contributed by atoms with Crippen molar-refractivity contribution in [3.63, 3.8) is 0 Å². The summed E-state index contributed by atoms with van der Waals surface area (Å²) in [7, 11) is 3.21. The highest BCUT2D eigenvalue weighted by Gasteiger charge is 2.22. The molecule has 0 aromatic heterocycles. The van der Waals surface area contributed by atoms with Gasteiger partial charge in [0.1, 0.15) is 18.5 Å². The van der Waals surface area contributed by atoms with E-state index in [0.29, 0.717) is 31.3 Å². The average Bonchev–Trinajstić information content (AvgIpc) is 2.75. The lowest BCUT2D eigenvalue weighted by Crippen LogP contribution is -3.16. The van der Waals surface area contributed by atoms with Gasteiger partial charge in [-0.05, 0) is 42.0 Å². The molecule has 158 valence electrons. The molecule has 1 saturated heterocycles. The Hall–Kier alpha value is -2.35. The number of hydrogen-bond acceptors (Lipinski definition) is 5. The minimum absolute atomic E-state index is 0.214. The molecule has 1 heterocycles. The third-order valence-corrected chi connectivity index (χ3v) is 5.21.